The minimum Gasteiger partial charge on any atom is -0.450 e. The van der Waals surface area contributed by atoms with Crippen LogP contribution >= 0.6 is 0 Å². The Morgan fingerprint density at radius 2 is 1.94 bits per heavy atom. The van der Waals surface area contributed by atoms with E-state index in [1.807, 2.05) is 45.0 Å². The van der Waals surface area contributed by atoms with Gasteiger partial charge in [0.25, 0.3) is 0 Å². The first-order valence-corrected chi connectivity index (χ1v) is 10.7. The van der Waals surface area contributed by atoms with Gasteiger partial charge in [-0.1, -0.05) is 12.1 Å². The quantitative estimate of drug-likeness (QED) is 0.614. The maximum Gasteiger partial charge on any atom is 0.227 e. The normalized spacial score (nSPS) is 15.1. The van der Waals surface area contributed by atoms with Crippen molar-refractivity contribution >= 4 is 33.8 Å². The number of ether oxygens (including phenoxy) is 1. The van der Waals surface area contributed by atoms with Gasteiger partial charge in [-0.25, -0.2) is 9.97 Å². The molecular formula is C23H32N4O4. The van der Waals surface area contributed by atoms with Crippen LogP contribution in [-0.4, -0.2) is 53.0 Å². The Morgan fingerprint density at radius 3 is 2.52 bits per heavy atom. The first kappa shape index (κ1) is 23.0. The smallest absolute Gasteiger partial charge is 0.227 e. The molecule has 4 rings (SSSR count). The molecule has 0 bridgehead atoms. The molecule has 0 radical (unpaired) electrons. The number of benzene rings is 1. The summed E-state index contributed by atoms with van der Waals surface area (Å²) in [7, 11) is 1.62. The number of amides is 1. The van der Waals surface area contributed by atoms with Gasteiger partial charge in [-0.15, -0.1) is 0 Å². The lowest BCUT2D eigenvalue weighted by Crippen LogP contribution is -2.24. The fourth-order valence-corrected chi connectivity index (χ4v) is 3.59. The SMILES string of the molecule is CC(O)OC(C)(C)C.CNC(=O)Cc1nc(N2CCCC2)c2oc3ccccc3c2n1. The molecule has 0 saturated carbocycles. The van der Waals surface area contributed by atoms with Crippen molar-refractivity contribution in [1.29, 1.82) is 0 Å². The monoisotopic (exact) mass is 428 g/mol. The number of aliphatic hydroxyl groups excluding tert-OH is 1. The van der Waals surface area contributed by atoms with E-state index in [-0.39, 0.29) is 17.9 Å². The molecule has 1 atom stereocenters. The Hall–Kier alpha value is -2.71. The molecule has 2 aromatic heterocycles. The van der Waals surface area contributed by atoms with Gasteiger partial charge in [0.1, 0.15) is 16.9 Å². The van der Waals surface area contributed by atoms with Crippen molar-refractivity contribution in [2.75, 3.05) is 25.0 Å². The van der Waals surface area contributed by atoms with Crippen molar-refractivity contribution in [2.24, 2.45) is 0 Å². The molecule has 31 heavy (non-hydrogen) atoms. The number of rotatable bonds is 4. The van der Waals surface area contributed by atoms with Gasteiger partial charge in [0.2, 0.25) is 5.91 Å². The number of nitrogens with one attached hydrogen (secondary N) is 1. The van der Waals surface area contributed by atoms with Gasteiger partial charge >= 0.3 is 0 Å². The number of anilines is 1. The highest BCUT2D eigenvalue weighted by atomic mass is 16.6. The Bertz CT molecular complexity index is 1030. The first-order chi connectivity index (χ1) is 14.7. The van der Waals surface area contributed by atoms with Gasteiger partial charge in [-0.3, -0.25) is 4.79 Å². The van der Waals surface area contributed by atoms with Crippen molar-refractivity contribution in [3.8, 4) is 0 Å². The molecule has 1 aliphatic heterocycles. The topological polar surface area (TPSA) is 101 Å². The average Bonchev–Trinajstić information content (AvgIpc) is 3.34. The molecule has 1 unspecified atom stereocenters. The van der Waals surface area contributed by atoms with Gasteiger partial charge in [-0.2, -0.15) is 0 Å². The standard InChI is InChI=1S/C17H18N4O2.C6H14O2/c1-18-14(22)10-13-19-15-11-6-2-3-7-12(11)23-16(15)17(20-13)21-8-4-5-9-21;1-5(7)8-6(2,3)4/h2-3,6-7H,4-5,8-10H2,1H3,(H,18,22);5,7H,1-4H3. The molecular weight excluding hydrogens is 396 g/mol. The molecule has 8 heteroatoms. The van der Waals surface area contributed by atoms with Gasteiger partial charge in [0, 0.05) is 25.5 Å². The number of aromatic nitrogens is 2. The van der Waals surface area contributed by atoms with Crippen molar-refractivity contribution in [2.45, 2.75) is 58.8 Å². The van der Waals surface area contributed by atoms with Crippen LogP contribution in [0.15, 0.2) is 28.7 Å². The van der Waals surface area contributed by atoms with E-state index in [2.05, 4.69) is 20.2 Å². The summed E-state index contributed by atoms with van der Waals surface area (Å²) in [5.41, 5.74) is 2.08. The number of carbonyl (C=O) groups is 1. The molecule has 2 N–H and O–H groups in total. The van der Waals surface area contributed by atoms with E-state index in [1.54, 1.807) is 14.0 Å². The number of hydrogen-bond donors (Lipinski definition) is 2. The third-order valence-corrected chi connectivity index (χ3v) is 4.78. The molecule has 1 saturated heterocycles. The third-order valence-electron chi connectivity index (χ3n) is 4.78. The van der Waals surface area contributed by atoms with Gasteiger partial charge in [0.05, 0.1) is 12.0 Å². The average molecular weight is 429 g/mol. The lowest BCUT2D eigenvalue weighted by Gasteiger charge is -2.21. The second kappa shape index (κ2) is 9.62. The maximum atomic E-state index is 11.7. The number of fused-ring (bicyclic) bond motifs is 3. The largest absolute Gasteiger partial charge is 0.450 e. The van der Waals surface area contributed by atoms with Crippen LogP contribution in [0.25, 0.3) is 22.1 Å². The summed E-state index contributed by atoms with van der Waals surface area (Å²) in [6.07, 6.45) is 1.81. The van der Waals surface area contributed by atoms with Crippen LogP contribution < -0.4 is 10.2 Å². The molecule has 1 aliphatic rings. The predicted octanol–water partition coefficient (Wildman–Crippen LogP) is 3.40. The number of para-hydroxylation sites is 1. The van der Waals surface area contributed by atoms with Crippen molar-refractivity contribution in [3.63, 3.8) is 0 Å². The minimum absolute atomic E-state index is 0.0930. The number of carbonyl (C=O) groups excluding carboxylic acids is 1. The van der Waals surface area contributed by atoms with E-state index < -0.39 is 6.29 Å². The highest BCUT2D eigenvalue weighted by molar-refractivity contribution is 6.05. The van der Waals surface area contributed by atoms with E-state index in [4.69, 9.17) is 14.3 Å². The number of nitrogens with zero attached hydrogens (tertiary/aromatic N) is 3. The Morgan fingerprint density at radius 1 is 1.26 bits per heavy atom. The van der Waals surface area contributed by atoms with Crippen LogP contribution in [0.4, 0.5) is 5.82 Å². The van der Waals surface area contributed by atoms with Crippen LogP contribution in [0.5, 0.6) is 0 Å². The zero-order chi connectivity index (χ0) is 22.6. The zero-order valence-corrected chi connectivity index (χ0v) is 18.9. The molecule has 3 aromatic rings. The second-order valence-electron chi connectivity index (χ2n) is 8.61. The summed E-state index contributed by atoms with van der Waals surface area (Å²) >= 11 is 0. The van der Waals surface area contributed by atoms with Crippen LogP contribution in [0.1, 0.15) is 46.4 Å². The molecule has 1 amide bonds. The number of furan rings is 1. The molecule has 168 valence electrons. The third kappa shape index (κ3) is 5.92. The molecule has 8 nitrogen and oxygen atoms in total. The molecule has 0 spiro atoms. The fourth-order valence-electron chi connectivity index (χ4n) is 3.59. The number of likely N-dealkylation sites (N-methyl/N-ethyl adjacent to an activating group) is 1. The van der Waals surface area contributed by atoms with Crippen molar-refractivity contribution < 1.29 is 19.1 Å². The first-order valence-electron chi connectivity index (χ1n) is 10.7. The predicted molar refractivity (Wildman–Crippen MR) is 121 cm³/mol. The zero-order valence-electron chi connectivity index (χ0n) is 18.9. The molecule has 1 fully saturated rings. The Labute approximate surface area is 182 Å². The van der Waals surface area contributed by atoms with Crippen molar-refractivity contribution in [1.82, 2.24) is 15.3 Å². The summed E-state index contributed by atoms with van der Waals surface area (Å²) in [5, 5.41) is 12.3. The van der Waals surface area contributed by atoms with Crippen LogP contribution in [-0.2, 0) is 16.0 Å². The summed E-state index contributed by atoms with van der Waals surface area (Å²) in [6, 6.07) is 7.83. The fraction of sp³-hybridized carbons (Fsp3) is 0.522. The minimum atomic E-state index is -0.657. The van der Waals surface area contributed by atoms with Gasteiger partial charge in [-0.05, 0) is 52.7 Å². The van der Waals surface area contributed by atoms with E-state index in [0.29, 0.717) is 11.4 Å². The summed E-state index contributed by atoms with van der Waals surface area (Å²) in [6.45, 7) is 9.23. The lowest BCUT2D eigenvalue weighted by molar-refractivity contribution is -0.154. The number of aliphatic hydroxyl groups is 1. The van der Waals surface area contributed by atoms with E-state index in [9.17, 15) is 4.79 Å². The van der Waals surface area contributed by atoms with Crippen LogP contribution in [0.3, 0.4) is 0 Å². The van der Waals surface area contributed by atoms with Gasteiger partial charge in [0.15, 0.2) is 17.7 Å². The molecule has 0 aliphatic carbocycles. The highest BCUT2D eigenvalue weighted by Crippen LogP contribution is 2.34. The van der Waals surface area contributed by atoms with Crippen LogP contribution in [0.2, 0.25) is 0 Å². The number of hydrogen-bond acceptors (Lipinski definition) is 7. The van der Waals surface area contributed by atoms with Crippen LogP contribution in [0, 0.1) is 0 Å². The maximum absolute atomic E-state index is 11.7. The van der Waals surface area contributed by atoms with Gasteiger partial charge < -0.3 is 24.5 Å². The molecule has 1 aromatic carbocycles. The Balaban J connectivity index is 0.000000293. The Kier molecular flexibility index (Phi) is 7.12. The lowest BCUT2D eigenvalue weighted by atomic mass is 10.2. The molecule has 3 heterocycles. The highest BCUT2D eigenvalue weighted by Gasteiger charge is 2.22. The van der Waals surface area contributed by atoms with E-state index in [0.717, 1.165) is 48.2 Å². The van der Waals surface area contributed by atoms with E-state index >= 15 is 0 Å². The van der Waals surface area contributed by atoms with Crippen molar-refractivity contribution in [3.05, 3.63) is 30.1 Å². The summed E-state index contributed by atoms with van der Waals surface area (Å²) in [4.78, 5) is 23.2. The second-order valence-corrected chi connectivity index (χ2v) is 8.61. The summed E-state index contributed by atoms with van der Waals surface area (Å²) < 4.78 is 11.0. The van der Waals surface area contributed by atoms with E-state index in [1.165, 1.54) is 0 Å². The summed E-state index contributed by atoms with van der Waals surface area (Å²) in [5.74, 6) is 1.25.